The zero-order chi connectivity index (χ0) is 11.5. The highest BCUT2D eigenvalue weighted by atomic mass is 32.2. The van der Waals surface area contributed by atoms with Crippen LogP contribution in [0.25, 0.3) is 0 Å². The molecular weight excluding hydrogens is 227 g/mol. The summed E-state index contributed by atoms with van der Waals surface area (Å²) in [4.78, 5) is 8.11. The lowest BCUT2D eigenvalue weighted by atomic mass is 10.4. The number of hydrogen-bond donors (Lipinski definition) is 0. The van der Waals surface area contributed by atoms with E-state index in [0.717, 1.165) is 0 Å². The van der Waals surface area contributed by atoms with Gasteiger partial charge >= 0.3 is 0 Å². The molecule has 2 aromatic rings. The largest absolute Gasteiger partial charge is 0.257 e. The van der Waals surface area contributed by atoms with Gasteiger partial charge in [-0.05, 0) is 25.1 Å². The molecule has 0 aliphatic rings. The molecule has 0 amide bonds. The van der Waals surface area contributed by atoms with Gasteiger partial charge in [0.25, 0.3) is 0 Å². The summed E-state index contributed by atoms with van der Waals surface area (Å²) in [6, 6.07) is 6.33. The molecule has 16 heavy (non-hydrogen) atoms. The predicted molar refractivity (Wildman–Crippen MR) is 57.8 cm³/mol. The van der Waals surface area contributed by atoms with E-state index in [1.165, 1.54) is 12.3 Å². The first-order valence-corrected chi connectivity index (χ1v) is 5.78. The quantitative estimate of drug-likeness (QED) is 0.801. The van der Waals surface area contributed by atoms with Gasteiger partial charge in [0.05, 0.1) is 10.6 Å². The van der Waals surface area contributed by atoms with E-state index in [2.05, 4.69) is 9.97 Å². The Morgan fingerprint density at radius 1 is 1.31 bits per heavy atom. The predicted octanol–water partition coefficient (Wildman–Crippen LogP) is 2.09. The van der Waals surface area contributed by atoms with Crippen LogP contribution >= 0.6 is 0 Å². The molecule has 0 bridgehead atoms. The normalized spacial score (nSPS) is 12.4. The summed E-state index contributed by atoms with van der Waals surface area (Å²) in [5, 5.41) is 0.396. The Balaban J connectivity index is 2.39. The molecule has 0 radical (unpaired) electrons. The van der Waals surface area contributed by atoms with Crippen molar-refractivity contribution in [3.63, 3.8) is 0 Å². The monoisotopic (exact) mass is 236 g/mol. The Bertz CT molecular complexity index is 531. The Labute approximate surface area is 94.8 Å². The molecule has 2 aromatic heterocycles. The topological polar surface area (TPSA) is 42.9 Å². The van der Waals surface area contributed by atoms with Gasteiger partial charge in [-0.2, -0.15) is 0 Å². The molecule has 0 spiro atoms. The smallest absolute Gasteiger partial charge is 0.145 e. The van der Waals surface area contributed by atoms with Crippen LogP contribution in [0.5, 0.6) is 0 Å². The third-order valence-electron chi connectivity index (χ3n) is 2.04. The average molecular weight is 236 g/mol. The van der Waals surface area contributed by atoms with Crippen LogP contribution in [-0.4, -0.2) is 14.2 Å². The molecule has 5 heteroatoms. The van der Waals surface area contributed by atoms with Gasteiger partial charge in [-0.25, -0.2) is 13.6 Å². The fourth-order valence-electron chi connectivity index (χ4n) is 1.17. The van der Waals surface area contributed by atoms with Crippen LogP contribution in [0.2, 0.25) is 0 Å². The van der Waals surface area contributed by atoms with E-state index < -0.39 is 16.6 Å². The zero-order valence-corrected chi connectivity index (χ0v) is 9.37. The first-order valence-electron chi connectivity index (χ1n) is 4.63. The van der Waals surface area contributed by atoms with Gasteiger partial charge in [0.15, 0.2) is 0 Å². The van der Waals surface area contributed by atoms with Gasteiger partial charge in [0, 0.05) is 12.4 Å². The van der Waals surface area contributed by atoms with Crippen molar-refractivity contribution in [2.45, 2.75) is 16.8 Å². The van der Waals surface area contributed by atoms with Crippen molar-refractivity contribution in [1.29, 1.82) is 0 Å². The van der Waals surface area contributed by atoms with Gasteiger partial charge in [-0.1, -0.05) is 6.07 Å². The number of nitrogens with zero attached hydrogens (tertiary/aromatic N) is 2. The Hall–Kier alpha value is -1.62. The molecule has 0 saturated heterocycles. The van der Waals surface area contributed by atoms with E-state index in [1.807, 2.05) is 0 Å². The van der Waals surface area contributed by atoms with Crippen LogP contribution < -0.4 is 0 Å². The van der Waals surface area contributed by atoms with Crippen molar-refractivity contribution < 1.29 is 8.60 Å². The molecule has 2 rings (SSSR count). The standard InChI is InChI=1S/C11H9FN2OS/c1-8-10(12)6-9(7-14-8)16(15)11-4-2-3-5-13-11/h2-7H,1H3. The molecule has 0 saturated carbocycles. The summed E-state index contributed by atoms with van der Waals surface area (Å²) in [6.07, 6.45) is 2.95. The molecule has 2 heterocycles. The van der Waals surface area contributed by atoms with E-state index >= 15 is 0 Å². The summed E-state index contributed by atoms with van der Waals surface area (Å²) in [5.74, 6) is -0.457. The van der Waals surface area contributed by atoms with Crippen molar-refractivity contribution in [2.24, 2.45) is 0 Å². The molecule has 0 fully saturated rings. The fourth-order valence-corrected chi connectivity index (χ4v) is 2.13. The second-order valence-corrected chi connectivity index (χ2v) is 4.60. The number of aromatic nitrogens is 2. The Morgan fingerprint density at radius 2 is 2.12 bits per heavy atom. The van der Waals surface area contributed by atoms with Crippen molar-refractivity contribution in [1.82, 2.24) is 9.97 Å². The molecule has 0 aliphatic carbocycles. The first-order chi connectivity index (χ1) is 7.68. The molecule has 82 valence electrons. The van der Waals surface area contributed by atoms with Crippen LogP contribution in [-0.2, 0) is 10.8 Å². The minimum absolute atomic E-state index is 0.293. The number of aryl methyl sites for hydroxylation is 1. The van der Waals surface area contributed by atoms with Gasteiger partial charge in [-0.3, -0.25) is 4.98 Å². The van der Waals surface area contributed by atoms with Gasteiger partial charge < -0.3 is 0 Å². The summed E-state index contributed by atoms with van der Waals surface area (Å²) in [5.41, 5.74) is 0.293. The lowest BCUT2D eigenvalue weighted by Gasteiger charge is -2.02. The molecule has 1 unspecified atom stereocenters. The summed E-state index contributed by atoms with van der Waals surface area (Å²) < 4.78 is 25.2. The molecule has 0 aromatic carbocycles. The van der Waals surface area contributed by atoms with E-state index in [0.29, 0.717) is 15.6 Å². The minimum Gasteiger partial charge on any atom is -0.257 e. The number of rotatable bonds is 2. The minimum atomic E-state index is -1.48. The summed E-state index contributed by atoms with van der Waals surface area (Å²) in [6.45, 7) is 1.56. The third-order valence-corrected chi connectivity index (χ3v) is 3.31. The van der Waals surface area contributed by atoms with E-state index in [1.54, 1.807) is 31.3 Å². The fraction of sp³-hybridized carbons (Fsp3) is 0.0909. The summed E-state index contributed by atoms with van der Waals surface area (Å²) in [7, 11) is -1.48. The molecule has 1 atom stereocenters. The summed E-state index contributed by atoms with van der Waals surface area (Å²) >= 11 is 0. The highest BCUT2D eigenvalue weighted by Gasteiger charge is 2.10. The van der Waals surface area contributed by atoms with Crippen LogP contribution in [0.4, 0.5) is 4.39 Å². The lowest BCUT2D eigenvalue weighted by Crippen LogP contribution is -1.98. The van der Waals surface area contributed by atoms with Crippen LogP contribution in [0.15, 0.2) is 46.6 Å². The van der Waals surface area contributed by atoms with E-state index in [9.17, 15) is 8.60 Å². The maximum absolute atomic E-state index is 13.2. The number of halogens is 1. The second-order valence-electron chi connectivity index (χ2n) is 3.17. The highest BCUT2D eigenvalue weighted by Crippen LogP contribution is 2.15. The molecule has 0 N–H and O–H groups in total. The number of pyridine rings is 2. The van der Waals surface area contributed by atoms with Crippen LogP contribution in [0, 0.1) is 12.7 Å². The van der Waals surface area contributed by atoms with Crippen molar-refractivity contribution in [3.8, 4) is 0 Å². The van der Waals surface area contributed by atoms with Gasteiger partial charge in [0.1, 0.15) is 21.6 Å². The number of hydrogen-bond acceptors (Lipinski definition) is 3. The SMILES string of the molecule is Cc1ncc(S(=O)c2ccccn2)cc1F. The van der Waals surface area contributed by atoms with Crippen LogP contribution in [0.1, 0.15) is 5.69 Å². The maximum atomic E-state index is 13.2. The highest BCUT2D eigenvalue weighted by molar-refractivity contribution is 7.85. The lowest BCUT2D eigenvalue weighted by molar-refractivity contribution is 0.603. The Kier molecular flexibility index (Phi) is 3.05. The zero-order valence-electron chi connectivity index (χ0n) is 8.55. The van der Waals surface area contributed by atoms with Crippen molar-refractivity contribution in [3.05, 3.63) is 48.2 Å². The van der Waals surface area contributed by atoms with Crippen LogP contribution in [0.3, 0.4) is 0 Å². The molecule has 3 nitrogen and oxygen atoms in total. The van der Waals surface area contributed by atoms with E-state index in [-0.39, 0.29) is 0 Å². The molecule has 0 aliphatic heterocycles. The maximum Gasteiger partial charge on any atom is 0.145 e. The first kappa shape index (κ1) is 10.9. The second kappa shape index (κ2) is 4.49. The van der Waals surface area contributed by atoms with Gasteiger partial charge in [-0.15, -0.1) is 0 Å². The van der Waals surface area contributed by atoms with E-state index in [4.69, 9.17) is 0 Å². The third kappa shape index (κ3) is 2.14. The van der Waals surface area contributed by atoms with Gasteiger partial charge in [0.2, 0.25) is 0 Å². The Morgan fingerprint density at radius 3 is 2.75 bits per heavy atom. The molecular formula is C11H9FN2OS. The average Bonchev–Trinajstić information content (AvgIpc) is 2.33. The van der Waals surface area contributed by atoms with Crippen molar-refractivity contribution >= 4 is 10.8 Å². The van der Waals surface area contributed by atoms with Crippen molar-refractivity contribution in [2.75, 3.05) is 0 Å².